The average Bonchev–Trinajstić information content (AvgIpc) is 2.64. The van der Waals surface area contributed by atoms with Gasteiger partial charge in [0.1, 0.15) is 11.5 Å². The Morgan fingerprint density at radius 3 is 2.37 bits per heavy atom. The summed E-state index contributed by atoms with van der Waals surface area (Å²) in [5.41, 5.74) is 2.82. The molecule has 1 N–H and O–H groups in total. The van der Waals surface area contributed by atoms with E-state index in [0.29, 0.717) is 17.9 Å². The first-order valence-corrected chi connectivity index (χ1v) is 6.48. The van der Waals surface area contributed by atoms with Crippen molar-refractivity contribution in [3.8, 4) is 0 Å². The summed E-state index contributed by atoms with van der Waals surface area (Å²) in [6.45, 7) is 6.25. The molecule has 0 atom stereocenters. The molecule has 1 aromatic carbocycles. The molecule has 0 aliphatic rings. The quantitative estimate of drug-likeness (QED) is 0.914. The Labute approximate surface area is 113 Å². The molecule has 2 aromatic rings. The molecule has 1 aromatic heterocycles. The molecule has 0 saturated heterocycles. The van der Waals surface area contributed by atoms with Gasteiger partial charge in [-0.1, -0.05) is 30.3 Å². The molecule has 3 heteroatoms. The van der Waals surface area contributed by atoms with Gasteiger partial charge in [-0.2, -0.15) is 0 Å². The summed E-state index contributed by atoms with van der Waals surface area (Å²) in [5.74, 6) is 1.45. The van der Waals surface area contributed by atoms with Gasteiger partial charge >= 0.3 is 0 Å². The van der Waals surface area contributed by atoms with Crippen LogP contribution in [0.15, 0.2) is 34.7 Å². The third kappa shape index (κ3) is 3.05. The van der Waals surface area contributed by atoms with E-state index in [4.69, 9.17) is 4.42 Å². The van der Waals surface area contributed by atoms with E-state index in [9.17, 15) is 4.79 Å². The minimum Gasteiger partial charge on any atom is -0.466 e. The highest BCUT2D eigenvalue weighted by atomic mass is 16.3. The van der Waals surface area contributed by atoms with Gasteiger partial charge in [0.25, 0.3) is 5.91 Å². The number of hydrogen-bond acceptors (Lipinski definition) is 2. The highest BCUT2D eigenvalue weighted by Gasteiger charge is 2.17. The first-order chi connectivity index (χ1) is 9.09. The van der Waals surface area contributed by atoms with E-state index in [1.807, 2.05) is 39.0 Å². The molecule has 2 rings (SSSR count). The summed E-state index contributed by atoms with van der Waals surface area (Å²) in [4.78, 5) is 12.1. The molecule has 100 valence electrons. The van der Waals surface area contributed by atoms with Crippen LogP contribution in [-0.2, 0) is 6.42 Å². The number of aryl methyl sites for hydroxylation is 2. The molecule has 0 aliphatic carbocycles. The molecule has 0 aliphatic heterocycles. The Hall–Kier alpha value is -2.03. The maximum Gasteiger partial charge on any atom is 0.255 e. The van der Waals surface area contributed by atoms with E-state index in [1.54, 1.807) is 0 Å². The van der Waals surface area contributed by atoms with E-state index in [2.05, 4.69) is 17.4 Å². The fraction of sp³-hybridized carbons (Fsp3) is 0.312. The van der Waals surface area contributed by atoms with E-state index in [-0.39, 0.29) is 5.91 Å². The number of carbonyl (C=O) groups is 1. The fourth-order valence-corrected chi connectivity index (χ4v) is 2.18. The van der Waals surface area contributed by atoms with Gasteiger partial charge in [-0.3, -0.25) is 4.79 Å². The lowest BCUT2D eigenvalue weighted by Gasteiger charge is -2.05. The van der Waals surface area contributed by atoms with Gasteiger partial charge in [-0.05, 0) is 32.8 Å². The number of carbonyl (C=O) groups excluding carboxylic acids is 1. The maximum absolute atomic E-state index is 12.1. The van der Waals surface area contributed by atoms with Crippen LogP contribution in [0.2, 0.25) is 0 Å². The van der Waals surface area contributed by atoms with Crippen LogP contribution in [0.4, 0.5) is 0 Å². The van der Waals surface area contributed by atoms with Crippen LogP contribution in [0, 0.1) is 20.8 Å². The first-order valence-electron chi connectivity index (χ1n) is 6.48. The zero-order valence-electron chi connectivity index (χ0n) is 11.6. The van der Waals surface area contributed by atoms with Gasteiger partial charge in [0.2, 0.25) is 0 Å². The molecule has 19 heavy (non-hydrogen) atoms. The molecule has 1 amide bonds. The summed E-state index contributed by atoms with van der Waals surface area (Å²) < 4.78 is 5.47. The van der Waals surface area contributed by atoms with Crippen LogP contribution in [0.5, 0.6) is 0 Å². The van der Waals surface area contributed by atoms with Crippen LogP contribution in [0.1, 0.15) is 33.0 Å². The molecule has 0 bridgehead atoms. The monoisotopic (exact) mass is 257 g/mol. The van der Waals surface area contributed by atoms with Crippen molar-refractivity contribution in [2.24, 2.45) is 0 Å². The van der Waals surface area contributed by atoms with Gasteiger partial charge in [0.15, 0.2) is 0 Å². The van der Waals surface area contributed by atoms with Crippen LogP contribution < -0.4 is 5.32 Å². The number of nitrogens with one attached hydrogen (secondary N) is 1. The molecule has 0 unspecified atom stereocenters. The number of benzene rings is 1. The zero-order chi connectivity index (χ0) is 13.8. The molecule has 3 nitrogen and oxygen atoms in total. The van der Waals surface area contributed by atoms with Crippen molar-refractivity contribution in [2.45, 2.75) is 27.2 Å². The number of amides is 1. The van der Waals surface area contributed by atoms with Crippen molar-refractivity contribution in [1.29, 1.82) is 0 Å². The number of hydrogen-bond donors (Lipinski definition) is 1. The number of rotatable bonds is 4. The van der Waals surface area contributed by atoms with Crippen molar-refractivity contribution in [3.05, 3.63) is 58.5 Å². The highest BCUT2D eigenvalue weighted by molar-refractivity contribution is 5.96. The Morgan fingerprint density at radius 2 is 1.79 bits per heavy atom. The van der Waals surface area contributed by atoms with Gasteiger partial charge in [-0.15, -0.1) is 0 Å². The van der Waals surface area contributed by atoms with Crippen LogP contribution in [-0.4, -0.2) is 12.5 Å². The second kappa shape index (κ2) is 5.74. The summed E-state index contributed by atoms with van der Waals surface area (Å²) in [6, 6.07) is 10.1. The third-order valence-corrected chi connectivity index (χ3v) is 3.33. The second-order valence-corrected chi connectivity index (χ2v) is 4.71. The van der Waals surface area contributed by atoms with Crippen LogP contribution >= 0.6 is 0 Å². The molecule has 0 fully saturated rings. The zero-order valence-corrected chi connectivity index (χ0v) is 11.6. The maximum atomic E-state index is 12.1. The fourth-order valence-electron chi connectivity index (χ4n) is 2.18. The van der Waals surface area contributed by atoms with E-state index < -0.39 is 0 Å². The molecule has 0 saturated carbocycles. The summed E-state index contributed by atoms with van der Waals surface area (Å²) in [5, 5.41) is 2.94. The van der Waals surface area contributed by atoms with E-state index in [1.165, 1.54) is 5.56 Å². The summed E-state index contributed by atoms with van der Waals surface area (Å²) in [6.07, 6.45) is 0.835. The predicted octanol–water partition coefficient (Wildman–Crippen LogP) is 3.18. The Bertz CT molecular complexity index is 570. The van der Waals surface area contributed by atoms with E-state index >= 15 is 0 Å². The lowest BCUT2D eigenvalue weighted by molar-refractivity contribution is 0.0952. The van der Waals surface area contributed by atoms with Crippen LogP contribution in [0.25, 0.3) is 0 Å². The van der Waals surface area contributed by atoms with Crippen molar-refractivity contribution >= 4 is 5.91 Å². The van der Waals surface area contributed by atoms with Crippen molar-refractivity contribution in [3.63, 3.8) is 0 Å². The first kappa shape index (κ1) is 13.4. The van der Waals surface area contributed by atoms with Gasteiger partial charge in [0, 0.05) is 12.1 Å². The predicted molar refractivity (Wildman–Crippen MR) is 75.4 cm³/mol. The highest BCUT2D eigenvalue weighted by Crippen LogP contribution is 2.20. The van der Waals surface area contributed by atoms with E-state index in [0.717, 1.165) is 17.7 Å². The van der Waals surface area contributed by atoms with Crippen molar-refractivity contribution in [2.75, 3.05) is 6.54 Å². The lowest BCUT2D eigenvalue weighted by atomic mass is 10.1. The second-order valence-electron chi connectivity index (χ2n) is 4.71. The third-order valence-electron chi connectivity index (χ3n) is 3.33. The minimum absolute atomic E-state index is 0.0530. The lowest BCUT2D eigenvalue weighted by Crippen LogP contribution is -2.26. The average molecular weight is 257 g/mol. The van der Waals surface area contributed by atoms with Crippen molar-refractivity contribution < 1.29 is 9.21 Å². The molecule has 1 heterocycles. The summed E-state index contributed by atoms with van der Waals surface area (Å²) in [7, 11) is 0. The Morgan fingerprint density at radius 1 is 1.11 bits per heavy atom. The standard InChI is InChI=1S/C16H19NO2/c1-11-12(2)19-13(3)15(11)16(18)17-10-9-14-7-5-4-6-8-14/h4-8H,9-10H2,1-3H3,(H,17,18). The Kier molecular flexibility index (Phi) is 4.05. The van der Waals surface area contributed by atoms with Crippen LogP contribution in [0.3, 0.4) is 0 Å². The smallest absolute Gasteiger partial charge is 0.255 e. The topological polar surface area (TPSA) is 42.2 Å². The van der Waals surface area contributed by atoms with Gasteiger partial charge in [-0.25, -0.2) is 0 Å². The van der Waals surface area contributed by atoms with Gasteiger partial charge < -0.3 is 9.73 Å². The SMILES string of the molecule is Cc1oc(C)c(C(=O)NCCc2ccccc2)c1C. The normalized spacial score (nSPS) is 10.5. The van der Waals surface area contributed by atoms with Crippen molar-refractivity contribution in [1.82, 2.24) is 5.32 Å². The summed E-state index contributed by atoms with van der Waals surface area (Å²) >= 11 is 0. The van der Waals surface area contributed by atoms with Gasteiger partial charge in [0.05, 0.1) is 5.56 Å². The molecular formula is C16H19NO2. The molecular weight excluding hydrogens is 238 g/mol. The molecule has 0 radical (unpaired) electrons. The molecule has 0 spiro atoms. The number of furan rings is 1. The largest absolute Gasteiger partial charge is 0.466 e. The minimum atomic E-state index is -0.0530. The Balaban J connectivity index is 1.95.